The lowest BCUT2D eigenvalue weighted by atomic mass is 9.50. The summed E-state index contributed by atoms with van der Waals surface area (Å²) in [5.41, 5.74) is 0.0328. The minimum absolute atomic E-state index is 0.0328. The Balaban J connectivity index is 2.15. The SMILES string of the molecule is CC1(C)C(=O)[C@@H]2CCCC[C@@H]21. The summed E-state index contributed by atoms with van der Waals surface area (Å²) in [6.07, 6.45) is 5.09. The van der Waals surface area contributed by atoms with Crippen molar-refractivity contribution in [1.29, 1.82) is 0 Å². The van der Waals surface area contributed by atoms with Gasteiger partial charge in [-0.2, -0.15) is 0 Å². The van der Waals surface area contributed by atoms with Gasteiger partial charge in [0.2, 0.25) is 0 Å². The van der Waals surface area contributed by atoms with Crippen molar-refractivity contribution in [2.45, 2.75) is 39.5 Å². The first-order chi connectivity index (χ1) is 5.14. The molecule has 0 spiro atoms. The van der Waals surface area contributed by atoms with Crippen LogP contribution in [0, 0.1) is 17.3 Å². The molecule has 0 bridgehead atoms. The summed E-state index contributed by atoms with van der Waals surface area (Å²) in [5.74, 6) is 1.71. The van der Waals surface area contributed by atoms with Gasteiger partial charge in [-0.1, -0.05) is 26.7 Å². The van der Waals surface area contributed by atoms with E-state index in [1.54, 1.807) is 0 Å². The van der Waals surface area contributed by atoms with Crippen LogP contribution in [0.15, 0.2) is 0 Å². The Labute approximate surface area is 68.2 Å². The van der Waals surface area contributed by atoms with E-state index in [0.29, 0.717) is 11.7 Å². The van der Waals surface area contributed by atoms with Crippen molar-refractivity contribution < 1.29 is 4.79 Å². The Hall–Kier alpha value is -0.330. The summed E-state index contributed by atoms with van der Waals surface area (Å²) >= 11 is 0. The number of carbonyl (C=O) groups is 1. The summed E-state index contributed by atoms with van der Waals surface area (Å²) in [5, 5.41) is 0. The number of rotatable bonds is 0. The van der Waals surface area contributed by atoms with Crippen LogP contribution in [-0.4, -0.2) is 5.78 Å². The third-order valence-corrected chi connectivity index (χ3v) is 3.66. The normalized spacial score (nSPS) is 41.1. The third-order valence-electron chi connectivity index (χ3n) is 3.66. The molecule has 62 valence electrons. The zero-order chi connectivity index (χ0) is 8.06. The van der Waals surface area contributed by atoms with Crippen molar-refractivity contribution in [3.63, 3.8) is 0 Å². The zero-order valence-electron chi connectivity index (χ0n) is 7.39. The summed E-state index contributed by atoms with van der Waals surface area (Å²) in [7, 11) is 0. The largest absolute Gasteiger partial charge is 0.299 e. The molecule has 1 heteroatoms. The smallest absolute Gasteiger partial charge is 0.142 e. The minimum Gasteiger partial charge on any atom is -0.299 e. The molecule has 0 amide bonds. The van der Waals surface area contributed by atoms with Crippen LogP contribution >= 0.6 is 0 Å². The molecule has 0 aromatic rings. The van der Waals surface area contributed by atoms with E-state index in [-0.39, 0.29) is 5.41 Å². The molecule has 0 N–H and O–H groups in total. The van der Waals surface area contributed by atoms with Gasteiger partial charge >= 0.3 is 0 Å². The van der Waals surface area contributed by atoms with E-state index in [0.717, 1.165) is 5.92 Å². The van der Waals surface area contributed by atoms with Gasteiger partial charge in [-0.3, -0.25) is 4.79 Å². The molecule has 2 aliphatic rings. The maximum absolute atomic E-state index is 11.5. The Morgan fingerprint density at radius 3 is 2.55 bits per heavy atom. The van der Waals surface area contributed by atoms with E-state index in [1.165, 1.54) is 25.7 Å². The molecule has 0 aromatic carbocycles. The van der Waals surface area contributed by atoms with E-state index in [4.69, 9.17) is 0 Å². The standard InChI is InChI=1S/C10H16O/c1-10(2)8-6-4-3-5-7(8)9(10)11/h7-8H,3-6H2,1-2H3/t7-,8+/m1/s1. The summed E-state index contributed by atoms with van der Waals surface area (Å²) in [6.45, 7) is 4.23. The molecule has 0 aliphatic heterocycles. The van der Waals surface area contributed by atoms with Crippen LogP contribution in [0.5, 0.6) is 0 Å². The first-order valence-corrected chi connectivity index (χ1v) is 4.68. The van der Waals surface area contributed by atoms with Crippen LogP contribution < -0.4 is 0 Å². The highest BCUT2D eigenvalue weighted by molar-refractivity contribution is 5.93. The zero-order valence-corrected chi connectivity index (χ0v) is 7.39. The fourth-order valence-electron chi connectivity index (χ4n) is 2.87. The third kappa shape index (κ3) is 0.800. The number of hydrogen-bond acceptors (Lipinski definition) is 1. The van der Waals surface area contributed by atoms with E-state index < -0.39 is 0 Å². The second-order valence-electron chi connectivity index (χ2n) is 4.58. The summed E-state index contributed by atoms with van der Waals surface area (Å²) in [6, 6.07) is 0. The molecule has 2 rings (SSSR count). The van der Waals surface area contributed by atoms with Crippen molar-refractivity contribution in [2.75, 3.05) is 0 Å². The quantitative estimate of drug-likeness (QED) is 0.521. The van der Waals surface area contributed by atoms with E-state index in [9.17, 15) is 4.79 Å². The van der Waals surface area contributed by atoms with Crippen LogP contribution in [0.4, 0.5) is 0 Å². The molecule has 2 fully saturated rings. The highest BCUT2D eigenvalue weighted by atomic mass is 16.1. The monoisotopic (exact) mass is 152 g/mol. The first-order valence-electron chi connectivity index (χ1n) is 4.68. The van der Waals surface area contributed by atoms with Crippen molar-refractivity contribution >= 4 is 5.78 Å². The average Bonchev–Trinajstić information content (AvgIpc) is 2.04. The van der Waals surface area contributed by atoms with Gasteiger partial charge in [-0.05, 0) is 18.8 Å². The number of hydrogen-bond donors (Lipinski definition) is 0. The molecular formula is C10H16O. The van der Waals surface area contributed by atoms with Crippen LogP contribution in [0.3, 0.4) is 0 Å². The molecule has 11 heavy (non-hydrogen) atoms. The Morgan fingerprint density at radius 1 is 1.27 bits per heavy atom. The lowest BCUT2D eigenvalue weighted by Crippen LogP contribution is -2.55. The number of carbonyl (C=O) groups excluding carboxylic acids is 1. The van der Waals surface area contributed by atoms with Crippen molar-refractivity contribution in [2.24, 2.45) is 17.3 Å². The first kappa shape index (κ1) is 7.33. The van der Waals surface area contributed by atoms with Gasteiger partial charge in [0, 0.05) is 11.3 Å². The second-order valence-corrected chi connectivity index (χ2v) is 4.58. The second kappa shape index (κ2) is 2.09. The molecule has 2 aliphatic carbocycles. The van der Waals surface area contributed by atoms with Crippen molar-refractivity contribution in [3.05, 3.63) is 0 Å². The van der Waals surface area contributed by atoms with Crippen molar-refractivity contribution in [3.8, 4) is 0 Å². The van der Waals surface area contributed by atoms with Crippen LogP contribution in [0.25, 0.3) is 0 Å². The highest BCUT2D eigenvalue weighted by Crippen LogP contribution is 2.53. The molecule has 2 atom stereocenters. The Morgan fingerprint density at radius 2 is 1.91 bits per heavy atom. The maximum Gasteiger partial charge on any atom is 0.142 e. The molecule has 2 saturated carbocycles. The number of Topliss-reactive ketones (excluding diaryl/α,β-unsaturated/α-hetero) is 1. The van der Waals surface area contributed by atoms with Gasteiger partial charge in [0.15, 0.2) is 0 Å². The van der Waals surface area contributed by atoms with Crippen LogP contribution in [-0.2, 0) is 4.79 Å². The fraction of sp³-hybridized carbons (Fsp3) is 0.900. The summed E-state index contributed by atoms with van der Waals surface area (Å²) < 4.78 is 0. The Bertz CT molecular complexity index is 193. The van der Waals surface area contributed by atoms with Crippen LogP contribution in [0.1, 0.15) is 39.5 Å². The predicted molar refractivity (Wildman–Crippen MR) is 44.2 cm³/mol. The number of ketones is 1. The molecule has 0 heterocycles. The van der Waals surface area contributed by atoms with Crippen LogP contribution in [0.2, 0.25) is 0 Å². The minimum atomic E-state index is 0.0328. The van der Waals surface area contributed by atoms with E-state index in [1.807, 2.05) is 0 Å². The number of fused-ring (bicyclic) bond motifs is 1. The predicted octanol–water partition coefficient (Wildman–Crippen LogP) is 2.40. The van der Waals surface area contributed by atoms with Gasteiger partial charge in [-0.25, -0.2) is 0 Å². The van der Waals surface area contributed by atoms with Gasteiger partial charge in [0.25, 0.3) is 0 Å². The topological polar surface area (TPSA) is 17.1 Å². The van der Waals surface area contributed by atoms with E-state index >= 15 is 0 Å². The van der Waals surface area contributed by atoms with Gasteiger partial charge in [0.1, 0.15) is 5.78 Å². The lowest BCUT2D eigenvalue weighted by molar-refractivity contribution is -0.157. The van der Waals surface area contributed by atoms with E-state index in [2.05, 4.69) is 13.8 Å². The average molecular weight is 152 g/mol. The maximum atomic E-state index is 11.5. The molecule has 0 radical (unpaired) electrons. The Kier molecular flexibility index (Phi) is 1.39. The molecular weight excluding hydrogens is 136 g/mol. The molecule has 1 nitrogen and oxygen atoms in total. The van der Waals surface area contributed by atoms with Gasteiger partial charge < -0.3 is 0 Å². The molecule has 0 unspecified atom stereocenters. The van der Waals surface area contributed by atoms with Crippen molar-refractivity contribution in [1.82, 2.24) is 0 Å². The molecule has 0 aromatic heterocycles. The lowest BCUT2D eigenvalue weighted by Gasteiger charge is -2.52. The fourth-order valence-corrected chi connectivity index (χ4v) is 2.87. The van der Waals surface area contributed by atoms with Gasteiger partial charge in [-0.15, -0.1) is 0 Å². The van der Waals surface area contributed by atoms with Gasteiger partial charge in [0.05, 0.1) is 0 Å². The molecule has 0 saturated heterocycles. The summed E-state index contributed by atoms with van der Waals surface area (Å²) in [4.78, 5) is 11.5. The highest BCUT2D eigenvalue weighted by Gasteiger charge is 2.55.